The summed E-state index contributed by atoms with van der Waals surface area (Å²) in [5, 5.41) is 9.07. The molecule has 0 aromatic rings. The molecule has 0 aliphatic rings. The van der Waals surface area contributed by atoms with Crippen molar-refractivity contribution in [1.29, 1.82) is 0 Å². The molecule has 0 unspecified atom stereocenters. The van der Waals surface area contributed by atoms with Crippen LogP contribution in [0, 0.1) is 0 Å². The first kappa shape index (κ1) is 17.6. The average molecular weight is 266 g/mol. The van der Waals surface area contributed by atoms with E-state index in [4.69, 9.17) is 9.84 Å². The first-order chi connectivity index (χ1) is 9.16. The van der Waals surface area contributed by atoms with Crippen molar-refractivity contribution in [3.05, 3.63) is 36.5 Å². The second kappa shape index (κ2) is 13.1. The number of esters is 1. The number of hydrogen-bond acceptors (Lipinski definition) is 3. The highest BCUT2D eigenvalue weighted by Crippen LogP contribution is 2.01. The van der Waals surface area contributed by atoms with E-state index in [1.807, 2.05) is 19.1 Å². The molecule has 0 aliphatic carbocycles. The van der Waals surface area contributed by atoms with E-state index in [2.05, 4.69) is 12.2 Å². The molecular weight excluding hydrogens is 240 g/mol. The van der Waals surface area contributed by atoms with Crippen LogP contribution in [0.4, 0.5) is 0 Å². The van der Waals surface area contributed by atoms with E-state index in [1.165, 1.54) is 6.08 Å². The molecule has 1 atom stereocenters. The van der Waals surface area contributed by atoms with Crippen LogP contribution in [0.3, 0.4) is 0 Å². The van der Waals surface area contributed by atoms with Crippen molar-refractivity contribution in [3.63, 3.8) is 0 Å². The van der Waals surface area contributed by atoms with Gasteiger partial charge in [0.05, 0.1) is 12.7 Å². The van der Waals surface area contributed by atoms with Gasteiger partial charge in [0.1, 0.15) is 0 Å². The number of aliphatic hydroxyl groups excluding tert-OH is 1. The number of carbonyl (C=O) groups excluding carboxylic acids is 1. The van der Waals surface area contributed by atoms with Crippen molar-refractivity contribution in [3.8, 4) is 0 Å². The van der Waals surface area contributed by atoms with Gasteiger partial charge in [-0.15, -0.1) is 0 Å². The molecule has 0 aliphatic heterocycles. The molecule has 3 heteroatoms. The number of ether oxygens (including phenoxy) is 1. The predicted molar refractivity (Wildman–Crippen MR) is 78.8 cm³/mol. The molecule has 0 aromatic heterocycles. The van der Waals surface area contributed by atoms with E-state index in [0.717, 1.165) is 32.1 Å². The maximum absolute atomic E-state index is 11.0. The van der Waals surface area contributed by atoms with Gasteiger partial charge in [-0.25, -0.2) is 4.79 Å². The number of carbonyl (C=O) groups is 1. The molecule has 0 rings (SSSR count). The van der Waals surface area contributed by atoms with Crippen LogP contribution < -0.4 is 0 Å². The topological polar surface area (TPSA) is 46.5 Å². The van der Waals surface area contributed by atoms with Crippen LogP contribution in [0.25, 0.3) is 0 Å². The number of unbranched alkanes of at least 4 members (excludes halogenated alkanes) is 2. The first-order valence-electron chi connectivity index (χ1n) is 6.99. The zero-order valence-corrected chi connectivity index (χ0v) is 12.0. The summed E-state index contributed by atoms with van der Waals surface area (Å²) in [4.78, 5) is 11.0. The second-order valence-corrected chi connectivity index (χ2v) is 4.37. The third-order valence-electron chi connectivity index (χ3n) is 2.43. The molecule has 108 valence electrons. The highest BCUT2D eigenvalue weighted by atomic mass is 16.5. The van der Waals surface area contributed by atoms with Crippen LogP contribution in [0.2, 0.25) is 0 Å². The quantitative estimate of drug-likeness (QED) is 0.216. The number of allylic oxidation sites excluding steroid dienone is 5. The van der Waals surface area contributed by atoms with Gasteiger partial charge < -0.3 is 9.84 Å². The molecule has 19 heavy (non-hydrogen) atoms. The standard InChI is InChI=1S/C16H26O3/c1-3-19-16(18)14-12-10-8-6-4-5-7-9-11-13-15(2)17/h7-10,12,14-15,17H,3-6,11,13H2,1-2H3/b9-7+,10-8+,14-12+/t15-/m0/s1. The molecule has 0 fully saturated rings. The average Bonchev–Trinajstić information content (AvgIpc) is 2.36. The van der Waals surface area contributed by atoms with Gasteiger partial charge in [0.2, 0.25) is 0 Å². The van der Waals surface area contributed by atoms with Gasteiger partial charge >= 0.3 is 5.97 Å². The lowest BCUT2D eigenvalue weighted by Gasteiger charge is -1.98. The molecular formula is C16H26O3. The van der Waals surface area contributed by atoms with Crippen LogP contribution in [0.1, 0.15) is 46.0 Å². The lowest BCUT2D eigenvalue weighted by Crippen LogP contribution is -1.98. The largest absolute Gasteiger partial charge is 0.463 e. The lowest BCUT2D eigenvalue weighted by molar-refractivity contribution is -0.137. The van der Waals surface area contributed by atoms with E-state index in [0.29, 0.717) is 6.61 Å². The minimum atomic E-state index is -0.298. The molecule has 0 amide bonds. The van der Waals surface area contributed by atoms with E-state index in [-0.39, 0.29) is 12.1 Å². The molecule has 0 radical (unpaired) electrons. The number of hydrogen-bond donors (Lipinski definition) is 1. The van der Waals surface area contributed by atoms with Crippen LogP contribution in [0.15, 0.2) is 36.5 Å². The Bertz CT molecular complexity index is 301. The van der Waals surface area contributed by atoms with Gasteiger partial charge in [-0.3, -0.25) is 0 Å². The van der Waals surface area contributed by atoms with Gasteiger partial charge in [-0.1, -0.05) is 30.4 Å². The number of rotatable bonds is 10. The van der Waals surface area contributed by atoms with Crippen molar-refractivity contribution in [2.45, 2.75) is 52.1 Å². The predicted octanol–water partition coefficient (Wildman–Crippen LogP) is 3.55. The summed E-state index contributed by atoms with van der Waals surface area (Å²) >= 11 is 0. The zero-order chi connectivity index (χ0) is 14.3. The maximum Gasteiger partial charge on any atom is 0.330 e. The summed E-state index contributed by atoms with van der Waals surface area (Å²) in [5.41, 5.74) is 0. The molecule has 0 bridgehead atoms. The highest BCUT2D eigenvalue weighted by Gasteiger charge is 1.91. The van der Waals surface area contributed by atoms with Crippen LogP contribution in [-0.4, -0.2) is 23.8 Å². The van der Waals surface area contributed by atoms with Gasteiger partial charge in [0, 0.05) is 6.08 Å². The Kier molecular flexibility index (Phi) is 12.2. The molecule has 0 heterocycles. The smallest absolute Gasteiger partial charge is 0.330 e. The van der Waals surface area contributed by atoms with Crippen molar-refractivity contribution >= 4 is 5.97 Å². The molecule has 0 saturated carbocycles. The van der Waals surface area contributed by atoms with Crippen LogP contribution in [0.5, 0.6) is 0 Å². The Morgan fingerprint density at radius 1 is 1.16 bits per heavy atom. The SMILES string of the molecule is CCOC(=O)/C=C/C=C/CCC/C=C/CC[C@H](C)O. The third kappa shape index (κ3) is 14.6. The van der Waals surface area contributed by atoms with Crippen molar-refractivity contribution in [2.75, 3.05) is 6.61 Å². The Hall–Kier alpha value is -1.35. The fraction of sp³-hybridized carbons (Fsp3) is 0.562. The summed E-state index contributed by atoms with van der Waals surface area (Å²) in [6.45, 7) is 4.01. The monoisotopic (exact) mass is 266 g/mol. The fourth-order valence-electron chi connectivity index (χ4n) is 1.43. The zero-order valence-electron chi connectivity index (χ0n) is 12.0. The Morgan fingerprint density at radius 3 is 2.53 bits per heavy atom. The molecule has 0 aromatic carbocycles. The lowest BCUT2D eigenvalue weighted by atomic mass is 10.1. The maximum atomic E-state index is 11.0. The Balaban J connectivity index is 3.46. The highest BCUT2D eigenvalue weighted by molar-refractivity contribution is 5.82. The summed E-state index contributed by atoms with van der Waals surface area (Å²) in [5.74, 6) is -0.298. The van der Waals surface area contributed by atoms with E-state index in [9.17, 15) is 4.79 Å². The van der Waals surface area contributed by atoms with Gasteiger partial charge in [-0.2, -0.15) is 0 Å². The van der Waals surface area contributed by atoms with Crippen LogP contribution >= 0.6 is 0 Å². The van der Waals surface area contributed by atoms with Crippen molar-refractivity contribution in [1.82, 2.24) is 0 Å². The number of aliphatic hydroxyl groups is 1. The minimum absolute atomic E-state index is 0.209. The molecule has 0 spiro atoms. The molecule has 0 saturated heterocycles. The van der Waals surface area contributed by atoms with Crippen molar-refractivity contribution < 1.29 is 14.6 Å². The Morgan fingerprint density at radius 2 is 1.84 bits per heavy atom. The summed E-state index contributed by atoms with van der Waals surface area (Å²) < 4.78 is 4.75. The van der Waals surface area contributed by atoms with E-state index < -0.39 is 0 Å². The fourth-order valence-corrected chi connectivity index (χ4v) is 1.43. The normalized spacial score (nSPS) is 13.6. The molecule has 3 nitrogen and oxygen atoms in total. The minimum Gasteiger partial charge on any atom is -0.463 e. The van der Waals surface area contributed by atoms with Crippen LogP contribution in [-0.2, 0) is 9.53 Å². The first-order valence-corrected chi connectivity index (χ1v) is 6.99. The summed E-state index contributed by atoms with van der Waals surface area (Å²) in [6.07, 6.45) is 16.0. The van der Waals surface area contributed by atoms with E-state index >= 15 is 0 Å². The van der Waals surface area contributed by atoms with Crippen molar-refractivity contribution in [2.24, 2.45) is 0 Å². The van der Waals surface area contributed by atoms with E-state index in [1.54, 1.807) is 13.0 Å². The second-order valence-electron chi connectivity index (χ2n) is 4.37. The summed E-state index contributed by atoms with van der Waals surface area (Å²) in [7, 11) is 0. The van der Waals surface area contributed by atoms with Gasteiger partial charge in [0.15, 0.2) is 0 Å². The van der Waals surface area contributed by atoms with Gasteiger partial charge in [0.25, 0.3) is 0 Å². The Labute approximate surface area is 116 Å². The third-order valence-corrected chi connectivity index (χ3v) is 2.43. The van der Waals surface area contributed by atoms with Gasteiger partial charge in [-0.05, 0) is 46.0 Å². The molecule has 1 N–H and O–H groups in total. The summed E-state index contributed by atoms with van der Waals surface area (Å²) in [6, 6.07) is 0.